The molecule has 1 aromatic rings. The van der Waals surface area contributed by atoms with Crippen molar-refractivity contribution in [1.82, 2.24) is 0 Å². The molecule has 0 radical (unpaired) electrons. The number of fused-ring (bicyclic) bond motifs is 2. The fraction of sp³-hybridized carbons (Fsp3) is 0.462. The van der Waals surface area contributed by atoms with E-state index in [4.69, 9.17) is 5.73 Å². The quantitative estimate of drug-likeness (QED) is 0.769. The number of carbonyl (C=O) groups excluding carboxylic acids is 1. The van der Waals surface area contributed by atoms with Crippen molar-refractivity contribution in [3.05, 3.63) is 23.8 Å². The van der Waals surface area contributed by atoms with Crippen LogP contribution in [0.15, 0.2) is 18.2 Å². The van der Waals surface area contributed by atoms with Crippen molar-refractivity contribution in [2.24, 2.45) is 0 Å². The predicted molar refractivity (Wildman–Crippen MR) is 64.4 cm³/mol. The van der Waals surface area contributed by atoms with E-state index >= 15 is 0 Å². The molecule has 1 aliphatic heterocycles. The van der Waals surface area contributed by atoms with Crippen LogP contribution in [-0.4, -0.2) is 12.5 Å². The van der Waals surface area contributed by atoms with Gasteiger partial charge in [-0.1, -0.05) is 6.92 Å². The van der Waals surface area contributed by atoms with Gasteiger partial charge in [0.2, 0.25) is 5.91 Å². The maximum Gasteiger partial charge on any atom is 0.237 e. The minimum Gasteiger partial charge on any atom is -0.399 e. The number of nitrogens with two attached hydrogens (primary N) is 1. The zero-order chi connectivity index (χ0) is 11.3. The minimum absolute atomic E-state index is 0.195. The molecule has 2 aliphatic rings. The first-order valence-corrected chi connectivity index (χ1v) is 5.91. The highest BCUT2D eigenvalue weighted by molar-refractivity contribution is 6.10. The van der Waals surface area contributed by atoms with Gasteiger partial charge in [-0.15, -0.1) is 0 Å². The number of benzene rings is 1. The Bertz CT molecular complexity index is 463. The van der Waals surface area contributed by atoms with Gasteiger partial charge in [0, 0.05) is 17.9 Å². The second-order valence-electron chi connectivity index (χ2n) is 4.82. The van der Waals surface area contributed by atoms with Crippen LogP contribution in [0, 0.1) is 0 Å². The topological polar surface area (TPSA) is 46.3 Å². The Morgan fingerprint density at radius 3 is 2.81 bits per heavy atom. The van der Waals surface area contributed by atoms with Gasteiger partial charge in [-0.25, -0.2) is 0 Å². The molecular weight excluding hydrogens is 200 g/mol. The first-order chi connectivity index (χ1) is 7.69. The van der Waals surface area contributed by atoms with Gasteiger partial charge in [0.1, 0.15) is 0 Å². The van der Waals surface area contributed by atoms with Crippen LogP contribution >= 0.6 is 0 Å². The van der Waals surface area contributed by atoms with Gasteiger partial charge in [-0.2, -0.15) is 0 Å². The molecule has 1 saturated carbocycles. The van der Waals surface area contributed by atoms with Crippen LogP contribution in [0.25, 0.3) is 0 Å². The maximum absolute atomic E-state index is 12.3. The fourth-order valence-electron chi connectivity index (χ4n) is 2.71. The third-order valence-electron chi connectivity index (χ3n) is 3.68. The predicted octanol–water partition coefficient (Wildman–Crippen LogP) is 2.06. The molecule has 16 heavy (non-hydrogen) atoms. The van der Waals surface area contributed by atoms with E-state index in [1.807, 2.05) is 23.1 Å². The average molecular weight is 216 g/mol. The second-order valence-corrected chi connectivity index (χ2v) is 4.82. The highest BCUT2D eigenvalue weighted by atomic mass is 16.2. The molecule has 1 spiro atoms. The van der Waals surface area contributed by atoms with Crippen molar-refractivity contribution in [2.45, 2.75) is 31.6 Å². The Morgan fingerprint density at radius 2 is 2.19 bits per heavy atom. The molecule has 0 saturated heterocycles. The van der Waals surface area contributed by atoms with Crippen LogP contribution in [0.4, 0.5) is 11.4 Å². The highest BCUT2D eigenvalue weighted by Gasteiger charge is 2.58. The number of hydrogen-bond acceptors (Lipinski definition) is 2. The van der Waals surface area contributed by atoms with Crippen LogP contribution < -0.4 is 10.6 Å². The minimum atomic E-state index is -0.195. The molecule has 0 unspecified atom stereocenters. The third kappa shape index (κ3) is 1.06. The lowest BCUT2D eigenvalue weighted by Gasteiger charge is -2.16. The zero-order valence-corrected chi connectivity index (χ0v) is 9.49. The molecule has 3 rings (SSSR count). The molecule has 3 nitrogen and oxygen atoms in total. The lowest BCUT2D eigenvalue weighted by atomic mass is 9.97. The van der Waals surface area contributed by atoms with Gasteiger partial charge in [0.25, 0.3) is 0 Å². The van der Waals surface area contributed by atoms with Crippen molar-refractivity contribution >= 4 is 17.3 Å². The summed E-state index contributed by atoms with van der Waals surface area (Å²) in [4.78, 5) is 14.3. The van der Waals surface area contributed by atoms with Crippen molar-refractivity contribution in [3.8, 4) is 0 Å². The molecule has 3 heteroatoms. The Hall–Kier alpha value is -1.51. The summed E-state index contributed by atoms with van der Waals surface area (Å²) in [5.41, 5.74) is 8.62. The summed E-state index contributed by atoms with van der Waals surface area (Å²) < 4.78 is 0. The summed E-state index contributed by atoms with van der Waals surface area (Å²) in [6.45, 7) is 2.92. The van der Waals surface area contributed by atoms with E-state index in [2.05, 4.69) is 6.92 Å². The maximum atomic E-state index is 12.3. The van der Waals surface area contributed by atoms with Gasteiger partial charge in [-0.05, 0) is 43.0 Å². The largest absolute Gasteiger partial charge is 0.399 e. The molecule has 84 valence electrons. The number of amides is 1. The van der Waals surface area contributed by atoms with Crippen LogP contribution in [0.3, 0.4) is 0 Å². The van der Waals surface area contributed by atoms with E-state index in [0.717, 1.165) is 42.7 Å². The number of rotatable bonds is 2. The van der Waals surface area contributed by atoms with Gasteiger partial charge < -0.3 is 10.6 Å². The first kappa shape index (κ1) is 9.70. The van der Waals surface area contributed by atoms with Crippen molar-refractivity contribution in [1.29, 1.82) is 0 Å². The second kappa shape index (κ2) is 3.00. The highest BCUT2D eigenvalue weighted by Crippen LogP contribution is 2.57. The number of nitrogens with zero attached hydrogens (tertiary/aromatic N) is 1. The van der Waals surface area contributed by atoms with Gasteiger partial charge in [0.05, 0.1) is 5.41 Å². The van der Waals surface area contributed by atoms with Crippen molar-refractivity contribution in [2.75, 3.05) is 17.2 Å². The van der Waals surface area contributed by atoms with Crippen molar-refractivity contribution < 1.29 is 4.79 Å². The number of nitrogen functional groups attached to an aromatic ring is 1. The standard InChI is InChI=1S/C13H16N2O/c1-2-7-15-11-4-3-9(14)8-10(11)13(5-6-13)12(15)16/h3-4,8H,2,5-7,14H2,1H3. The summed E-state index contributed by atoms with van der Waals surface area (Å²) in [6.07, 6.45) is 2.97. The SMILES string of the molecule is CCCN1C(=O)C2(CC2)c2cc(N)ccc21. The normalized spacial score (nSPS) is 20.3. The lowest BCUT2D eigenvalue weighted by molar-refractivity contribution is -0.120. The molecule has 1 fully saturated rings. The molecule has 1 aromatic carbocycles. The molecule has 1 aliphatic carbocycles. The fourth-order valence-corrected chi connectivity index (χ4v) is 2.71. The van der Waals surface area contributed by atoms with Crippen LogP contribution in [0.1, 0.15) is 31.7 Å². The molecule has 1 heterocycles. The van der Waals surface area contributed by atoms with E-state index in [9.17, 15) is 4.79 Å². The summed E-state index contributed by atoms with van der Waals surface area (Å²) >= 11 is 0. The van der Waals surface area contributed by atoms with E-state index < -0.39 is 0 Å². The van der Waals surface area contributed by atoms with Gasteiger partial charge >= 0.3 is 0 Å². The zero-order valence-electron chi connectivity index (χ0n) is 9.49. The van der Waals surface area contributed by atoms with E-state index in [-0.39, 0.29) is 11.3 Å². The molecule has 0 aromatic heterocycles. The van der Waals surface area contributed by atoms with E-state index in [0.29, 0.717) is 0 Å². The Balaban J connectivity index is 2.13. The molecule has 2 N–H and O–H groups in total. The average Bonchev–Trinajstić information content (AvgIpc) is 3.03. The van der Waals surface area contributed by atoms with Crippen LogP contribution in [0.2, 0.25) is 0 Å². The monoisotopic (exact) mass is 216 g/mol. The number of hydrogen-bond donors (Lipinski definition) is 1. The molecule has 1 amide bonds. The van der Waals surface area contributed by atoms with E-state index in [1.165, 1.54) is 0 Å². The summed E-state index contributed by atoms with van der Waals surface area (Å²) in [7, 11) is 0. The Morgan fingerprint density at radius 1 is 1.44 bits per heavy atom. The first-order valence-electron chi connectivity index (χ1n) is 5.91. The van der Waals surface area contributed by atoms with Gasteiger partial charge in [-0.3, -0.25) is 4.79 Å². The third-order valence-corrected chi connectivity index (χ3v) is 3.68. The Kier molecular flexibility index (Phi) is 1.82. The van der Waals surface area contributed by atoms with Crippen molar-refractivity contribution in [3.63, 3.8) is 0 Å². The molecular formula is C13H16N2O. The molecule has 0 bridgehead atoms. The Labute approximate surface area is 95.2 Å². The number of carbonyl (C=O) groups is 1. The van der Waals surface area contributed by atoms with Crippen LogP contribution in [-0.2, 0) is 10.2 Å². The van der Waals surface area contributed by atoms with E-state index in [1.54, 1.807) is 0 Å². The van der Waals surface area contributed by atoms with Crippen LogP contribution in [0.5, 0.6) is 0 Å². The summed E-state index contributed by atoms with van der Waals surface area (Å²) in [6, 6.07) is 5.86. The van der Waals surface area contributed by atoms with Gasteiger partial charge in [0.15, 0.2) is 0 Å². The smallest absolute Gasteiger partial charge is 0.237 e. The summed E-state index contributed by atoms with van der Waals surface area (Å²) in [5.74, 6) is 0.287. The molecule has 0 atom stereocenters. The summed E-state index contributed by atoms with van der Waals surface area (Å²) in [5, 5.41) is 0. The lowest BCUT2D eigenvalue weighted by Crippen LogP contribution is -2.32. The number of anilines is 2.